The minimum absolute atomic E-state index is 0.171. The maximum absolute atomic E-state index is 12.1. The van der Waals surface area contributed by atoms with Gasteiger partial charge in [-0.15, -0.1) is 0 Å². The van der Waals surface area contributed by atoms with Crippen molar-refractivity contribution in [3.8, 4) is 5.75 Å². The highest BCUT2D eigenvalue weighted by Crippen LogP contribution is 2.23. The summed E-state index contributed by atoms with van der Waals surface area (Å²) in [5.41, 5.74) is 2.17. The lowest BCUT2D eigenvalue weighted by Gasteiger charge is -2.11. The number of rotatable bonds is 7. The Balaban J connectivity index is 1.84. The summed E-state index contributed by atoms with van der Waals surface area (Å²) < 4.78 is 5.47. The summed E-state index contributed by atoms with van der Waals surface area (Å²) in [6, 6.07) is 14.6. The van der Waals surface area contributed by atoms with Crippen LogP contribution in [0.5, 0.6) is 5.75 Å². The molecule has 5 heteroatoms. The molecule has 0 aromatic heterocycles. The van der Waals surface area contributed by atoms with Crippen LogP contribution in [0.4, 0.5) is 5.69 Å². The Kier molecular flexibility index (Phi) is 6.37. The second kappa shape index (κ2) is 8.72. The first-order valence-corrected chi connectivity index (χ1v) is 7.97. The summed E-state index contributed by atoms with van der Waals surface area (Å²) in [6.45, 7) is 4.57. The van der Waals surface area contributed by atoms with Crippen molar-refractivity contribution in [3.05, 3.63) is 59.7 Å². The van der Waals surface area contributed by atoms with Gasteiger partial charge in [0.2, 0.25) is 5.91 Å². The lowest BCUT2D eigenvalue weighted by Crippen LogP contribution is -2.28. The number of benzene rings is 2. The van der Waals surface area contributed by atoms with Crippen LogP contribution < -0.4 is 15.4 Å². The predicted molar refractivity (Wildman–Crippen MR) is 94.4 cm³/mol. The van der Waals surface area contributed by atoms with Gasteiger partial charge in [0.05, 0.1) is 12.3 Å². The molecule has 0 saturated heterocycles. The van der Waals surface area contributed by atoms with E-state index in [9.17, 15) is 9.59 Å². The van der Waals surface area contributed by atoms with Gasteiger partial charge in [0, 0.05) is 18.5 Å². The Labute approximate surface area is 142 Å². The molecule has 24 heavy (non-hydrogen) atoms. The number of amides is 2. The zero-order chi connectivity index (χ0) is 17.4. The third kappa shape index (κ3) is 4.84. The Morgan fingerprint density at radius 2 is 1.75 bits per heavy atom. The molecule has 0 aliphatic rings. The second-order valence-corrected chi connectivity index (χ2v) is 5.30. The molecule has 0 unspecified atom stereocenters. The summed E-state index contributed by atoms with van der Waals surface area (Å²) >= 11 is 0. The summed E-state index contributed by atoms with van der Waals surface area (Å²) in [4.78, 5) is 24.1. The second-order valence-electron chi connectivity index (χ2n) is 5.30. The lowest BCUT2D eigenvalue weighted by molar-refractivity contribution is -0.116. The van der Waals surface area contributed by atoms with Crippen molar-refractivity contribution < 1.29 is 14.3 Å². The van der Waals surface area contributed by atoms with Crippen molar-refractivity contribution in [1.29, 1.82) is 0 Å². The maximum atomic E-state index is 12.1. The highest BCUT2D eigenvalue weighted by molar-refractivity contribution is 5.96. The van der Waals surface area contributed by atoms with Gasteiger partial charge < -0.3 is 15.4 Å². The quantitative estimate of drug-likeness (QED) is 0.821. The largest absolute Gasteiger partial charge is 0.492 e. The number of para-hydroxylation sites is 2. The van der Waals surface area contributed by atoms with Crippen LogP contribution in [0, 0.1) is 6.92 Å². The first kappa shape index (κ1) is 17.5. The van der Waals surface area contributed by atoms with Gasteiger partial charge in [0.15, 0.2) is 0 Å². The molecular weight excluding hydrogens is 304 g/mol. The topological polar surface area (TPSA) is 67.4 Å². The van der Waals surface area contributed by atoms with E-state index in [1.54, 1.807) is 18.2 Å². The van der Waals surface area contributed by atoms with E-state index >= 15 is 0 Å². The average Bonchev–Trinajstić information content (AvgIpc) is 2.57. The van der Waals surface area contributed by atoms with Crippen LogP contribution in [0.1, 0.15) is 29.3 Å². The van der Waals surface area contributed by atoms with Gasteiger partial charge >= 0.3 is 0 Å². The predicted octanol–water partition coefficient (Wildman–Crippen LogP) is 3.15. The molecule has 0 saturated carbocycles. The van der Waals surface area contributed by atoms with Crippen molar-refractivity contribution in [2.75, 3.05) is 18.5 Å². The SMILES string of the molecule is CCOc1ccccc1NC(=O)CCNC(=O)c1ccccc1C. The number of nitrogens with one attached hydrogen (secondary N) is 2. The van der Waals surface area contributed by atoms with E-state index in [1.165, 1.54) is 0 Å². The van der Waals surface area contributed by atoms with Gasteiger partial charge in [-0.3, -0.25) is 9.59 Å². The summed E-state index contributed by atoms with van der Waals surface area (Å²) in [5.74, 6) is 0.292. The number of carbonyl (C=O) groups excluding carboxylic acids is 2. The van der Waals surface area contributed by atoms with E-state index in [1.807, 2.05) is 44.2 Å². The van der Waals surface area contributed by atoms with E-state index in [0.717, 1.165) is 5.56 Å². The number of hydrogen-bond acceptors (Lipinski definition) is 3. The van der Waals surface area contributed by atoms with Crippen molar-refractivity contribution in [2.45, 2.75) is 20.3 Å². The van der Waals surface area contributed by atoms with Gasteiger partial charge in [-0.25, -0.2) is 0 Å². The average molecular weight is 326 g/mol. The molecule has 0 spiro atoms. The van der Waals surface area contributed by atoms with Gasteiger partial charge in [-0.1, -0.05) is 30.3 Å². The van der Waals surface area contributed by atoms with E-state index in [2.05, 4.69) is 10.6 Å². The number of carbonyl (C=O) groups is 2. The minimum atomic E-state index is -0.174. The standard InChI is InChI=1S/C19H22N2O3/c1-3-24-17-11-7-6-10-16(17)21-18(22)12-13-20-19(23)15-9-5-4-8-14(15)2/h4-11H,3,12-13H2,1-2H3,(H,20,23)(H,21,22). The van der Waals surface area contributed by atoms with Crippen molar-refractivity contribution in [2.24, 2.45) is 0 Å². The first-order chi connectivity index (χ1) is 11.6. The van der Waals surface area contributed by atoms with Crippen LogP contribution in [0.3, 0.4) is 0 Å². The third-order valence-electron chi connectivity index (χ3n) is 3.49. The molecular formula is C19H22N2O3. The van der Waals surface area contributed by atoms with E-state index in [4.69, 9.17) is 4.74 Å². The Hall–Kier alpha value is -2.82. The Morgan fingerprint density at radius 3 is 2.50 bits per heavy atom. The zero-order valence-corrected chi connectivity index (χ0v) is 14.0. The fraction of sp³-hybridized carbons (Fsp3) is 0.263. The van der Waals surface area contributed by atoms with Crippen LogP contribution in [-0.4, -0.2) is 25.0 Å². The lowest BCUT2D eigenvalue weighted by atomic mass is 10.1. The van der Waals surface area contributed by atoms with Crippen LogP contribution in [0.15, 0.2) is 48.5 Å². The molecule has 126 valence electrons. The highest BCUT2D eigenvalue weighted by atomic mass is 16.5. The molecule has 2 amide bonds. The fourth-order valence-corrected chi connectivity index (χ4v) is 2.28. The van der Waals surface area contributed by atoms with Gasteiger partial charge in [-0.2, -0.15) is 0 Å². The summed E-state index contributed by atoms with van der Waals surface area (Å²) in [6.07, 6.45) is 0.193. The summed E-state index contributed by atoms with van der Waals surface area (Å²) in [5, 5.41) is 5.57. The molecule has 0 atom stereocenters. The van der Waals surface area contributed by atoms with Crippen LogP contribution in [0.25, 0.3) is 0 Å². The molecule has 2 aromatic rings. The third-order valence-corrected chi connectivity index (χ3v) is 3.49. The zero-order valence-electron chi connectivity index (χ0n) is 14.0. The van der Waals surface area contributed by atoms with Crippen molar-refractivity contribution in [1.82, 2.24) is 5.32 Å². The normalized spacial score (nSPS) is 10.1. The van der Waals surface area contributed by atoms with E-state index in [-0.39, 0.29) is 24.8 Å². The first-order valence-electron chi connectivity index (χ1n) is 7.97. The molecule has 0 aliphatic heterocycles. The molecule has 0 fully saturated rings. The smallest absolute Gasteiger partial charge is 0.251 e. The number of aryl methyl sites for hydroxylation is 1. The molecule has 0 heterocycles. The fourth-order valence-electron chi connectivity index (χ4n) is 2.28. The Morgan fingerprint density at radius 1 is 1.04 bits per heavy atom. The van der Waals surface area contributed by atoms with E-state index < -0.39 is 0 Å². The summed E-state index contributed by atoms with van der Waals surface area (Å²) in [7, 11) is 0. The van der Waals surface area contributed by atoms with Gasteiger partial charge in [0.1, 0.15) is 5.75 Å². The number of anilines is 1. The molecule has 2 rings (SSSR count). The van der Waals surface area contributed by atoms with Crippen molar-refractivity contribution >= 4 is 17.5 Å². The molecule has 2 N–H and O–H groups in total. The van der Waals surface area contributed by atoms with Gasteiger partial charge in [-0.05, 0) is 37.6 Å². The Bertz CT molecular complexity index is 713. The number of hydrogen-bond donors (Lipinski definition) is 2. The van der Waals surface area contributed by atoms with E-state index in [0.29, 0.717) is 23.6 Å². The monoisotopic (exact) mass is 326 g/mol. The molecule has 2 aromatic carbocycles. The molecule has 0 bridgehead atoms. The highest BCUT2D eigenvalue weighted by Gasteiger charge is 2.10. The van der Waals surface area contributed by atoms with Crippen LogP contribution in [0.2, 0.25) is 0 Å². The number of ether oxygens (including phenoxy) is 1. The molecule has 0 aliphatic carbocycles. The van der Waals surface area contributed by atoms with Crippen molar-refractivity contribution in [3.63, 3.8) is 0 Å². The minimum Gasteiger partial charge on any atom is -0.492 e. The van der Waals surface area contributed by atoms with Crippen LogP contribution in [-0.2, 0) is 4.79 Å². The molecule has 5 nitrogen and oxygen atoms in total. The maximum Gasteiger partial charge on any atom is 0.251 e. The molecule has 0 radical (unpaired) electrons. The van der Waals surface area contributed by atoms with Crippen LogP contribution >= 0.6 is 0 Å². The van der Waals surface area contributed by atoms with Gasteiger partial charge in [0.25, 0.3) is 5.91 Å².